The number of benzene rings is 1. The molecule has 0 atom stereocenters. The standard InChI is InChI=1S/C20H28N2O6/c1-13(21-25)28-19-16(6-8-18(26-3)20(19)27-4)17(24)7-5-15-9-11-22(12-10-15)14(2)23/h6,8,15,25H,5,7,9-12H2,1-4H3. The quantitative estimate of drug-likeness (QED) is 0.252. The molecule has 2 rings (SSSR count). The highest BCUT2D eigenvalue weighted by Crippen LogP contribution is 2.41. The number of oxime groups is 1. The van der Waals surface area contributed by atoms with Gasteiger partial charge in [0.25, 0.3) is 0 Å². The molecule has 1 aliphatic heterocycles. The predicted octanol–water partition coefficient (Wildman–Crippen LogP) is 3.11. The van der Waals surface area contributed by atoms with E-state index in [0.29, 0.717) is 23.7 Å². The van der Waals surface area contributed by atoms with Gasteiger partial charge in [-0.3, -0.25) is 9.59 Å². The van der Waals surface area contributed by atoms with Gasteiger partial charge in [-0.05, 0) is 37.3 Å². The highest BCUT2D eigenvalue weighted by atomic mass is 16.6. The number of methoxy groups -OCH3 is 2. The van der Waals surface area contributed by atoms with Crippen LogP contribution in [0.1, 0.15) is 49.9 Å². The van der Waals surface area contributed by atoms with Crippen LogP contribution < -0.4 is 14.2 Å². The van der Waals surface area contributed by atoms with Crippen LogP contribution in [0.5, 0.6) is 17.2 Å². The van der Waals surface area contributed by atoms with Crippen LogP contribution in [0.2, 0.25) is 0 Å². The second-order valence-electron chi connectivity index (χ2n) is 6.81. The SMILES string of the molecule is COc1ccc(C(=O)CCC2CCN(C(C)=O)CC2)c(OC(C)=NO)c1OC. The summed E-state index contributed by atoms with van der Waals surface area (Å²) < 4.78 is 16.2. The number of piperidine rings is 1. The normalized spacial score (nSPS) is 15.3. The molecule has 1 aromatic carbocycles. The zero-order chi connectivity index (χ0) is 20.7. The first kappa shape index (κ1) is 21.5. The van der Waals surface area contributed by atoms with Crippen molar-refractivity contribution in [1.29, 1.82) is 0 Å². The molecule has 1 heterocycles. The third kappa shape index (κ3) is 5.15. The molecule has 0 saturated carbocycles. The first-order valence-corrected chi connectivity index (χ1v) is 9.31. The number of rotatable bonds is 7. The smallest absolute Gasteiger partial charge is 0.228 e. The Labute approximate surface area is 165 Å². The average molecular weight is 392 g/mol. The van der Waals surface area contributed by atoms with Crippen LogP contribution in [0.4, 0.5) is 0 Å². The monoisotopic (exact) mass is 392 g/mol. The number of amides is 1. The molecule has 0 aliphatic carbocycles. The summed E-state index contributed by atoms with van der Waals surface area (Å²) in [4.78, 5) is 26.1. The molecule has 154 valence electrons. The zero-order valence-corrected chi connectivity index (χ0v) is 16.9. The van der Waals surface area contributed by atoms with E-state index in [1.54, 1.807) is 19.1 Å². The van der Waals surface area contributed by atoms with E-state index in [4.69, 9.17) is 19.4 Å². The number of hydrogen-bond donors (Lipinski definition) is 1. The Kier molecular flexibility index (Phi) is 7.66. The van der Waals surface area contributed by atoms with Gasteiger partial charge in [-0.2, -0.15) is 0 Å². The number of likely N-dealkylation sites (tertiary alicyclic amines) is 1. The van der Waals surface area contributed by atoms with Gasteiger partial charge in [-0.1, -0.05) is 5.16 Å². The van der Waals surface area contributed by atoms with Gasteiger partial charge in [0.1, 0.15) is 0 Å². The molecular weight excluding hydrogens is 364 g/mol. The molecular formula is C20H28N2O6. The minimum atomic E-state index is -0.0873. The van der Waals surface area contributed by atoms with Crippen molar-refractivity contribution in [2.24, 2.45) is 11.1 Å². The Morgan fingerprint density at radius 3 is 2.36 bits per heavy atom. The van der Waals surface area contributed by atoms with Crippen molar-refractivity contribution in [3.8, 4) is 17.2 Å². The minimum Gasteiger partial charge on any atom is -0.493 e. The lowest BCUT2D eigenvalue weighted by molar-refractivity contribution is -0.130. The molecule has 0 radical (unpaired) electrons. The van der Waals surface area contributed by atoms with Crippen LogP contribution in [-0.4, -0.2) is 55.0 Å². The van der Waals surface area contributed by atoms with Crippen LogP contribution >= 0.6 is 0 Å². The molecule has 1 amide bonds. The summed E-state index contributed by atoms with van der Waals surface area (Å²) in [7, 11) is 2.94. The fraction of sp³-hybridized carbons (Fsp3) is 0.550. The Bertz CT molecular complexity index is 738. The second kappa shape index (κ2) is 9.96. The predicted molar refractivity (Wildman–Crippen MR) is 104 cm³/mol. The van der Waals surface area contributed by atoms with Crippen LogP contribution in [0.25, 0.3) is 0 Å². The summed E-state index contributed by atoms with van der Waals surface area (Å²) in [5, 5.41) is 11.9. The van der Waals surface area contributed by atoms with Gasteiger partial charge in [0.2, 0.25) is 17.6 Å². The number of hydrogen-bond acceptors (Lipinski definition) is 7. The molecule has 1 saturated heterocycles. The third-order valence-corrected chi connectivity index (χ3v) is 5.03. The molecule has 1 aromatic rings. The van der Waals surface area contributed by atoms with Crippen LogP contribution in [0.15, 0.2) is 17.3 Å². The van der Waals surface area contributed by atoms with Crippen molar-refractivity contribution in [3.63, 3.8) is 0 Å². The number of ketones is 1. The number of Topliss-reactive ketones (excluding diaryl/α,β-unsaturated/α-hetero) is 1. The molecule has 1 fully saturated rings. The summed E-state index contributed by atoms with van der Waals surface area (Å²) in [6.07, 6.45) is 2.90. The van der Waals surface area contributed by atoms with Gasteiger partial charge in [0.05, 0.1) is 19.8 Å². The molecule has 28 heavy (non-hydrogen) atoms. The van der Waals surface area contributed by atoms with Gasteiger partial charge in [-0.25, -0.2) is 0 Å². The van der Waals surface area contributed by atoms with E-state index in [2.05, 4.69) is 5.16 Å². The summed E-state index contributed by atoms with van der Waals surface area (Å²) in [6, 6.07) is 3.28. The maximum atomic E-state index is 12.9. The number of carbonyl (C=O) groups is 2. The first-order valence-electron chi connectivity index (χ1n) is 9.31. The maximum Gasteiger partial charge on any atom is 0.228 e. The lowest BCUT2D eigenvalue weighted by Gasteiger charge is -2.31. The summed E-state index contributed by atoms with van der Waals surface area (Å²) >= 11 is 0. The van der Waals surface area contributed by atoms with Gasteiger partial charge in [0.15, 0.2) is 17.3 Å². The maximum absolute atomic E-state index is 12.9. The number of ether oxygens (including phenoxy) is 3. The van der Waals surface area contributed by atoms with E-state index in [-0.39, 0.29) is 29.1 Å². The minimum absolute atomic E-state index is 0.0165. The van der Waals surface area contributed by atoms with Gasteiger partial charge >= 0.3 is 0 Å². The first-order chi connectivity index (χ1) is 13.4. The van der Waals surface area contributed by atoms with E-state index >= 15 is 0 Å². The van der Waals surface area contributed by atoms with Crippen LogP contribution in [0.3, 0.4) is 0 Å². The van der Waals surface area contributed by atoms with Crippen molar-refractivity contribution in [3.05, 3.63) is 17.7 Å². The van der Waals surface area contributed by atoms with Crippen molar-refractivity contribution < 1.29 is 29.0 Å². The van der Waals surface area contributed by atoms with Crippen molar-refractivity contribution in [1.82, 2.24) is 4.90 Å². The molecule has 0 aromatic heterocycles. The molecule has 0 unspecified atom stereocenters. The largest absolute Gasteiger partial charge is 0.493 e. The lowest BCUT2D eigenvalue weighted by Crippen LogP contribution is -2.37. The Hall–Kier alpha value is -2.77. The Morgan fingerprint density at radius 1 is 1.14 bits per heavy atom. The third-order valence-electron chi connectivity index (χ3n) is 5.03. The van der Waals surface area contributed by atoms with Crippen molar-refractivity contribution in [2.75, 3.05) is 27.3 Å². The second-order valence-corrected chi connectivity index (χ2v) is 6.81. The van der Waals surface area contributed by atoms with Gasteiger partial charge in [0, 0.05) is 33.4 Å². The molecule has 0 bridgehead atoms. The number of carbonyl (C=O) groups excluding carboxylic acids is 2. The highest BCUT2D eigenvalue weighted by Gasteiger charge is 2.25. The van der Waals surface area contributed by atoms with E-state index in [9.17, 15) is 9.59 Å². The lowest BCUT2D eigenvalue weighted by atomic mass is 9.90. The summed E-state index contributed by atoms with van der Waals surface area (Å²) in [5.41, 5.74) is 0.349. The number of nitrogens with zero attached hydrogens (tertiary/aromatic N) is 2. The fourth-order valence-electron chi connectivity index (χ4n) is 3.39. The molecule has 8 nitrogen and oxygen atoms in total. The van der Waals surface area contributed by atoms with Gasteiger partial charge < -0.3 is 24.3 Å². The van der Waals surface area contributed by atoms with E-state index in [1.165, 1.54) is 21.1 Å². The topological polar surface area (TPSA) is 97.7 Å². The van der Waals surface area contributed by atoms with Crippen molar-refractivity contribution >= 4 is 17.6 Å². The Balaban J connectivity index is 2.12. The zero-order valence-electron chi connectivity index (χ0n) is 16.9. The van der Waals surface area contributed by atoms with Crippen LogP contribution in [0, 0.1) is 5.92 Å². The molecule has 0 spiro atoms. The van der Waals surface area contributed by atoms with E-state index in [0.717, 1.165) is 32.4 Å². The van der Waals surface area contributed by atoms with E-state index in [1.807, 2.05) is 4.90 Å². The average Bonchev–Trinajstić information content (AvgIpc) is 2.71. The van der Waals surface area contributed by atoms with Crippen molar-refractivity contribution in [2.45, 2.75) is 39.5 Å². The molecule has 1 N–H and O–H groups in total. The molecule has 8 heteroatoms. The Morgan fingerprint density at radius 2 is 1.82 bits per heavy atom. The summed E-state index contributed by atoms with van der Waals surface area (Å²) in [6.45, 7) is 4.53. The van der Waals surface area contributed by atoms with Crippen LogP contribution in [-0.2, 0) is 4.79 Å². The van der Waals surface area contributed by atoms with Gasteiger partial charge in [-0.15, -0.1) is 0 Å². The van der Waals surface area contributed by atoms with E-state index < -0.39 is 0 Å². The summed E-state index contributed by atoms with van der Waals surface area (Å²) in [5.74, 6) is 1.26. The highest BCUT2D eigenvalue weighted by molar-refractivity contribution is 6.00. The molecule has 1 aliphatic rings. The fourth-order valence-corrected chi connectivity index (χ4v) is 3.39.